The Kier molecular flexibility index (Phi) is 13.8. The van der Waals surface area contributed by atoms with Crippen LogP contribution in [0.3, 0.4) is 0 Å². The van der Waals surface area contributed by atoms with Gasteiger partial charge in [0.05, 0.1) is 11.4 Å². The van der Waals surface area contributed by atoms with Gasteiger partial charge in [-0.05, 0) is 38.1 Å². The minimum atomic E-state index is 0. The molecule has 1 saturated heterocycles. The van der Waals surface area contributed by atoms with Gasteiger partial charge in [-0.15, -0.1) is 45.7 Å². The second kappa shape index (κ2) is 17.8. The number of imidazole rings is 2. The fraction of sp³-hybridized carbons (Fsp3) is 0.312. The average molecular weight is 664 g/mol. The number of benzene rings is 2. The van der Waals surface area contributed by atoms with Gasteiger partial charge in [-0.3, -0.25) is 0 Å². The third kappa shape index (κ3) is 11.3. The van der Waals surface area contributed by atoms with Crippen LogP contribution in [-0.4, -0.2) is 38.2 Å². The first-order valence-corrected chi connectivity index (χ1v) is 14.1. The Morgan fingerprint density at radius 3 is 1.67 bits per heavy atom. The first kappa shape index (κ1) is 33.4. The molecular weight excluding hydrogens is 625 g/mol. The van der Waals surface area contributed by atoms with Crippen molar-refractivity contribution in [3.8, 4) is 0 Å². The standard InChI is InChI=1S/2C11H12N4.C10H14N2.Ru/c2*1-9-3-5-10(6-4-9)13-14-11-12-7-8-15(11)2;1-3-7-11-9(5-1)10-6-2-4-8-12-10;/h2*3-8H,1-2H3;1,3,5,10H,2,4,6-8H2;/q;;-2;+4. The maximum absolute atomic E-state index is 4.56. The number of aromatic nitrogens is 4. The third-order valence-electron chi connectivity index (χ3n) is 6.53. The van der Waals surface area contributed by atoms with Gasteiger partial charge in [0.25, 0.3) is 0 Å². The zero-order valence-corrected chi connectivity index (χ0v) is 26.8. The summed E-state index contributed by atoms with van der Waals surface area (Å²) < 4.78 is 3.63. The van der Waals surface area contributed by atoms with E-state index in [1.807, 2.05) is 98.0 Å². The Labute approximate surface area is 266 Å². The van der Waals surface area contributed by atoms with E-state index < -0.39 is 0 Å². The van der Waals surface area contributed by atoms with E-state index in [0.717, 1.165) is 24.5 Å². The van der Waals surface area contributed by atoms with Gasteiger partial charge in [-0.25, -0.2) is 9.97 Å². The topological polar surface area (TPSA) is 113 Å². The molecule has 2 aliphatic heterocycles. The van der Waals surface area contributed by atoms with Gasteiger partial charge in [-0.1, -0.05) is 66.8 Å². The van der Waals surface area contributed by atoms with Crippen LogP contribution < -0.4 is 0 Å². The van der Waals surface area contributed by atoms with Gasteiger partial charge < -0.3 is 19.8 Å². The molecule has 1 fully saturated rings. The molecular formula is C32H38N10Ru+2. The van der Waals surface area contributed by atoms with Crippen molar-refractivity contribution in [1.82, 2.24) is 19.1 Å². The van der Waals surface area contributed by atoms with Crippen molar-refractivity contribution in [3.05, 3.63) is 119 Å². The van der Waals surface area contributed by atoms with Crippen LogP contribution in [0, 0.1) is 13.8 Å². The molecule has 1 unspecified atom stereocenters. The van der Waals surface area contributed by atoms with Crippen LogP contribution in [0.15, 0.2) is 118 Å². The number of nitrogens with zero attached hydrogens (tertiary/aromatic N) is 10. The fourth-order valence-corrected chi connectivity index (χ4v) is 4.02. The molecule has 0 N–H and O–H groups in total. The third-order valence-corrected chi connectivity index (χ3v) is 6.53. The molecule has 11 heteroatoms. The summed E-state index contributed by atoms with van der Waals surface area (Å²) in [7, 11) is 3.77. The molecule has 4 heterocycles. The molecule has 0 spiro atoms. The van der Waals surface area contributed by atoms with Gasteiger partial charge in [0.15, 0.2) is 0 Å². The maximum atomic E-state index is 4.56. The van der Waals surface area contributed by atoms with E-state index >= 15 is 0 Å². The van der Waals surface area contributed by atoms with Crippen LogP contribution in [0.2, 0.25) is 0 Å². The van der Waals surface area contributed by atoms with Crippen LogP contribution in [0.25, 0.3) is 10.6 Å². The van der Waals surface area contributed by atoms with Crippen LogP contribution in [0.5, 0.6) is 0 Å². The van der Waals surface area contributed by atoms with Crippen LogP contribution in [0.1, 0.15) is 30.4 Å². The molecule has 0 aliphatic carbocycles. The van der Waals surface area contributed by atoms with E-state index in [4.69, 9.17) is 0 Å². The molecule has 2 aliphatic rings. The maximum Gasteiger partial charge on any atom is 4.00 e. The predicted molar refractivity (Wildman–Crippen MR) is 168 cm³/mol. The molecule has 2 aromatic heterocycles. The second-order valence-corrected chi connectivity index (χ2v) is 10.0. The van der Waals surface area contributed by atoms with E-state index in [1.54, 1.807) is 12.4 Å². The molecule has 4 aromatic rings. The number of rotatable bonds is 5. The summed E-state index contributed by atoms with van der Waals surface area (Å²) in [5, 5.41) is 25.3. The summed E-state index contributed by atoms with van der Waals surface area (Å²) in [4.78, 5) is 8.10. The summed E-state index contributed by atoms with van der Waals surface area (Å²) in [6, 6.07) is 16.2. The van der Waals surface area contributed by atoms with Gasteiger partial charge in [-0.2, -0.15) is 5.70 Å². The number of piperidine rings is 1. The van der Waals surface area contributed by atoms with Crippen molar-refractivity contribution in [2.45, 2.75) is 39.2 Å². The molecule has 0 amide bonds. The number of allylic oxidation sites excluding steroid dienone is 2. The van der Waals surface area contributed by atoms with E-state index in [1.165, 1.54) is 36.1 Å². The minimum Gasteiger partial charge on any atom is -0.686 e. The summed E-state index contributed by atoms with van der Waals surface area (Å²) in [6.45, 7) is 5.96. The normalized spacial score (nSPS) is 15.9. The summed E-state index contributed by atoms with van der Waals surface area (Å²) >= 11 is 0. The smallest absolute Gasteiger partial charge is 0.686 e. The number of hydrogen-bond acceptors (Lipinski definition) is 6. The van der Waals surface area contributed by atoms with Crippen molar-refractivity contribution in [2.24, 2.45) is 34.6 Å². The number of aryl methyl sites for hydroxylation is 4. The Morgan fingerprint density at radius 1 is 0.744 bits per heavy atom. The Bertz CT molecular complexity index is 1400. The van der Waals surface area contributed by atoms with Gasteiger partial charge in [0.2, 0.25) is 11.9 Å². The van der Waals surface area contributed by atoms with Gasteiger partial charge in [0.1, 0.15) is 0 Å². The molecule has 2 aromatic carbocycles. The van der Waals surface area contributed by atoms with Crippen LogP contribution >= 0.6 is 0 Å². The van der Waals surface area contributed by atoms with Gasteiger partial charge >= 0.3 is 19.5 Å². The van der Waals surface area contributed by atoms with Crippen LogP contribution in [-0.2, 0) is 33.6 Å². The molecule has 0 saturated carbocycles. The van der Waals surface area contributed by atoms with Crippen LogP contribution in [0.4, 0.5) is 23.3 Å². The first-order valence-electron chi connectivity index (χ1n) is 14.1. The molecule has 222 valence electrons. The number of azo groups is 2. The molecule has 1 atom stereocenters. The van der Waals surface area contributed by atoms with Crippen molar-refractivity contribution < 1.29 is 19.5 Å². The Hall–Kier alpha value is -4.08. The fourth-order valence-electron chi connectivity index (χ4n) is 4.02. The summed E-state index contributed by atoms with van der Waals surface area (Å²) in [5.74, 6) is 1.21. The monoisotopic (exact) mass is 664 g/mol. The van der Waals surface area contributed by atoms with Crippen molar-refractivity contribution in [3.63, 3.8) is 0 Å². The quantitative estimate of drug-likeness (QED) is 0.157. The summed E-state index contributed by atoms with van der Waals surface area (Å²) in [6.07, 6.45) is 17.1. The largest absolute Gasteiger partial charge is 4.00 e. The van der Waals surface area contributed by atoms with E-state index in [0.29, 0.717) is 17.9 Å². The zero-order valence-electron chi connectivity index (χ0n) is 25.1. The predicted octanol–water partition coefficient (Wildman–Crippen LogP) is 9.03. The number of hydrogen-bond donors (Lipinski definition) is 0. The molecule has 6 rings (SSSR count). The second-order valence-electron chi connectivity index (χ2n) is 10.0. The van der Waals surface area contributed by atoms with E-state index in [2.05, 4.69) is 59.3 Å². The molecule has 0 radical (unpaired) electrons. The molecule has 43 heavy (non-hydrogen) atoms. The molecule has 0 bridgehead atoms. The zero-order chi connectivity index (χ0) is 29.6. The molecule has 10 nitrogen and oxygen atoms in total. The van der Waals surface area contributed by atoms with E-state index in [9.17, 15) is 0 Å². The average Bonchev–Trinajstić information content (AvgIpc) is 3.65. The first-order chi connectivity index (χ1) is 20.5. The van der Waals surface area contributed by atoms with Crippen molar-refractivity contribution in [1.29, 1.82) is 0 Å². The van der Waals surface area contributed by atoms with Crippen molar-refractivity contribution in [2.75, 3.05) is 13.1 Å². The van der Waals surface area contributed by atoms with Gasteiger partial charge in [0, 0.05) is 38.9 Å². The Morgan fingerprint density at radius 2 is 1.28 bits per heavy atom. The van der Waals surface area contributed by atoms with Crippen molar-refractivity contribution >= 4 is 23.3 Å². The van der Waals surface area contributed by atoms with E-state index in [-0.39, 0.29) is 19.5 Å². The summed E-state index contributed by atoms with van der Waals surface area (Å²) in [5.41, 5.74) is 5.29. The Balaban J connectivity index is 0.000000176. The SMILES string of the molecule is C1=CC[N-]C(C2CCCC[N-]2)=C1.Cc1ccc(N=Nc2nccn2C)cc1.Cc1ccc(N=Nc2nccn2C)cc1.[Ru+4]. The minimum absolute atomic E-state index is 0.